The Bertz CT molecular complexity index is 520. The summed E-state index contributed by atoms with van der Waals surface area (Å²) in [5, 5.41) is 0. The van der Waals surface area contributed by atoms with Gasteiger partial charge in [-0.25, -0.2) is 0 Å². The Morgan fingerprint density at radius 3 is 2.25 bits per heavy atom. The summed E-state index contributed by atoms with van der Waals surface area (Å²) in [6, 6.07) is 14.9. The second-order valence-corrected chi connectivity index (χ2v) is 5.11. The summed E-state index contributed by atoms with van der Waals surface area (Å²) in [4.78, 5) is 0. The number of aryl methyl sites for hydroxylation is 1. The van der Waals surface area contributed by atoms with Crippen molar-refractivity contribution in [1.29, 1.82) is 0 Å². The molecule has 0 bridgehead atoms. The molecule has 0 spiro atoms. The maximum atomic E-state index is 5.88. The SMILES string of the molecule is CCc1ccc(CC([C]2[CH][CH][CH][CH]2)c2ccccc2)o1. The van der Waals surface area contributed by atoms with Gasteiger partial charge in [0, 0.05) is 12.8 Å². The largest absolute Gasteiger partial charge is 0.466 e. The summed E-state index contributed by atoms with van der Waals surface area (Å²) in [6.07, 6.45) is 10.5. The zero-order chi connectivity index (χ0) is 13.8. The number of hydrogen-bond acceptors (Lipinski definition) is 1. The molecule has 1 fully saturated rings. The second-order valence-electron chi connectivity index (χ2n) is 5.11. The first-order valence-electron chi connectivity index (χ1n) is 7.21. The fourth-order valence-corrected chi connectivity index (χ4v) is 2.66. The van der Waals surface area contributed by atoms with Crippen LogP contribution in [0, 0.1) is 31.6 Å². The molecule has 0 saturated heterocycles. The van der Waals surface area contributed by atoms with Gasteiger partial charge in [0.15, 0.2) is 0 Å². The van der Waals surface area contributed by atoms with Crippen LogP contribution in [0.15, 0.2) is 46.9 Å². The van der Waals surface area contributed by atoms with Crippen LogP contribution in [0.25, 0.3) is 0 Å². The first kappa shape index (κ1) is 13.5. The third-order valence-electron chi connectivity index (χ3n) is 3.76. The molecular weight excluding hydrogens is 244 g/mol. The topological polar surface area (TPSA) is 13.1 Å². The van der Waals surface area contributed by atoms with Gasteiger partial charge in [-0.3, -0.25) is 0 Å². The van der Waals surface area contributed by atoms with Crippen LogP contribution in [0.4, 0.5) is 0 Å². The van der Waals surface area contributed by atoms with Crippen molar-refractivity contribution < 1.29 is 4.42 Å². The molecule has 1 heteroatoms. The van der Waals surface area contributed by atoms with E-state index in [1.165, 1.54) is 11.5 Å². The van der Waals surface area contributed by atoms with Crippen LogP contribution in [0.3, 0.4) is 0 Å². The van der Waals surface area contributed by atoms with Gasteiger partial charge < -0.3 is 4.42 Å². The summed E-state index contributed by atoms with van der Waals surface area (Å²) in [6.45, 7) is 2.12. The summed E-state index contributed by atoms with van der Waals surface area (Å²) in [7, 11) is 0. The van der Waals surface area contributed by atoms with E-state index in [0.29, 0.717) is 5.92 Å². The fourth-order valence-electron chi connectivity index (χ4n) is 2.66. The lowest BCUT2D eigenvalue weighted by Crippen LogP contribution is -2.11. The molecule has 0 amide bonds. The highest BCUT2D eigenvalue weighted by Crippen LogP contribution is 2.39. The number of furan rings is 1. The van der Waals surface area contributed by atoms with E-state index in [1.807, 2.05) is 0 Å². The lowest BCUT2D eigenvalue weighted by Gasteiger charge is -2.22. The Hall–Kier alpha value is -1.50. The summed E-state index contributed by atoms with van der Waals surface area (Å²) < 4.78 is 5.88. The average Bonchev–Trinajstić information content (AvgIpc) is 3.17. The Balaban J connectivity index is 1.81. The third kappa shape index (κ3) is 2.98. The molecule has 1 aliphatic carbocycles. The maximum absolute atomic E-state index is 5.88. The van der Waals surface area contributed by atoms with Gasteiger partial charge in [0.2, 0.25) is 0 Å². The molecular formula is C19H19O. The van der Waals surface area contributed by atoms with E-state index >= 15 is 0 Å². The molecule has 1 nitrogen and oxygen atoms in total. The predicted octanol–water partition coefficient (Wildman–Crippen LogP) is 4.57. The molecule has 1 heterocycles. The molecule has 0 aliphatic heterocycles. The highest BCUT2D eigenvalue weighted by Gasteiger charge is 2.28. The second kappa shape index (κ2) is 6.30. The first-order chi connectivity index (χ1) is 9.86. The van der Waals surface area contributed by atoms with E-state index < -0.39 is 0 Å². The van der Waals surface area contributed by atoms with Crippen molar-refractivity contribution in [1.82, 2.24) is 0 Å². The van der Waals surface area contributed by atoms with Crippen molar-refractivity contribution in [2.75, 3.05) is 0 Å². The van der Waals surface area contributed by atoms with Crippen molar-refractivity contribution >= 4 is 0 Å². The number of rotatable bonds is 5. The lowest BCUT2D eigenvalue weighted by atomic mass is 9.82. The van der Waals surface area contributed by atoms with Gasteiger partial charge in [0.25, 0.3) is 0 Å². The predicted molar refractivity (Wildman–Crippen MR) is 81.4 cm³/mol. The maximum Gasteiger partial charge on any atom is 0.104 e. The molecule has 0 N–H and O–H groups in total. The van der Waals surface area contributed by atoms with Crippen molar-refractivity contribution in [2.45, 2.75) is 25.7 Å². The zero-order valence-electron chi connectivity index (χ0n) is 11.8. The number of hydrogen-bond donors (Lipinski definition) is 0. The molecule has 1 atom stereocenters. The monoisotopic (exact) mass is 263 g/mol. The lowest BCUT2D eigenvalue weighted by molar-refractivity contribution is 0.457. The summed E-state index contributed by atoms with van der Waals surface area (Å²) in [5.74, 6) is 3.85. The van der Waals surface area contributed by atoms with Crippen LogP contribution in [-0.4, -0.2) is 0 Å². The van der Waals surface area contributed by atoms with Gasteiger partial charge in [0.1, 0.15) is 11.5 Å². The Morgan fingerprint density at radius 1 is 0.900 bits per heavy atom. The fraction of sp³-hybridized carbons (Fsp3) is 0.211. The summed E-state index contributed by atoms with van der Waals surface area (Å²) >= 11 is 0. The van der Waals surface area contributed by atoms with Crippen LogP contribution in [0.5, 0.6) is 0 Å². The van der Waals surface area contributed by atoms with Gasteiger partial charge in [-0.2, -0.15) is 0 Å². The molecule has 1 aliphatic rings. The highest BCUT2D eigenvalue weighted by atomic mass is 16.3. The standard InChI is InChI=1S/C19H19O/c1-2-17-12-13-18(20-17)14-19(16-10-6-7-11-16)15-8-4-3-5-9-15/h3-13,19H,2,14H2,1H3. The summed E-state index contributed by atoms with van der Waals surface area (Å²) in [5.41, 5.74) is 1.34. The number of benzene rings is 1. The third-order valence-corrected chi connectivity index (χ3v) is 3.76. The molecule has 1 unspecified atom stereocenters. The van der Waals surface area contributed by atoms with E-state index in [2.05, 4.69) is 75.1 Å². The van der Waals surface area contributed by atoms with Crippen LogP contribution in [0.2, 0.25) is 0 Å². The molecule has 1 aromatic heterocycles. The minimum Gasteiger partial charge on any atom is -0.466 e. The van der Waals surface area contributed by atoms with Gasteiger partial charge in [-0.1, -0.05) is 37.3 Å². The van der Waals surface area contributed by atoms with E-state index in [0.717, 1.165) is 24.4 Å². The van der Waals surface area contributed by atoms with Crippen LogP contribution >= 0.6 is 0 Å². The van der Waals surface area contributed by atoms with Gasteiger partial charge in [-0.15, -0.1) is 0 Å². The van der Waals surface area contributed by atoms with Crippen LogP contribution in [-0.2, 0) is 12.8 Å². The molecule has 3 rings (SSSR count). The average molecular weight is 263 g/mol. The Labute approximate surface area is 122 Å². The van der Waals surface area contributed by atoms with E-state index in [9.17, 15) is 0 Å². The molecule has 5 radical (unpaired) electrons. The smallest absolute Gasteiger partial charge is 0.104 e. The van der Waals surface area contributed by atoms with Crippen molar-refractivity contribution in [3.8, 4) is 0 Å². The molecule has 2 aromatic rings. The molecule has 101 valence electrons. The molecule has 1 aromatic carbocycles. The first-order valence-corrected chi connectivity index (χ1v) is 7.21. The Kier molecular flexibility index (Phi) is 4.25. The van der Waals surface area contributed by atoms with Crippen LogP contribution in [0.1, 0.15) is 29.9 Å². The highest BCUT2D eigenvalue weighted by molar-refractivity contribution is 5.43. The van der Waals surface area contributed by atoms with Gasteiger partial charge in [-0.05, 0) is 55.2 Å². The van der Waals surface area contributed by atoms with E-state index in [4.69, 9.17) is 4.42 Å². The van der Waals surface area contributed by atoms with Crippen molar-refractivity contribution in [3.63, 3.8) is 0 Å². The van der Waals surface area contributed by atoms with Gasteiger partial charge >= 0.3 is 0 Å². The van der Waals surface area contributed by atoms with Crippen molar-refractivity contribution in [2.24, 2.45) is 0 Å². The minimum atomic E-state index is 0.363. The molecule has 20 heavy (non-hydrogen) atoms. The van der Waals surface area contributed by atoms with Crippen LogP contribution < -0.4 is 0 Å². The minimum absolute atomic E-state index is 0.363. The zero-order valence-corrected chi connectivity index (χ0v) is 11.8. The Morgan fingerprint density at radius 2 is 1.60 bits per heavy atom. The normalized spacial score (nSPS) is 17.4. The van der Waals surface area contributed by atoms with E-state index in [-0.39, 0.29) is 0 Å². The van der Waals surface area contributed by atoms with E-state index in [1.54, 1.807) is 0 Å². The quantitative estimate of drug-likeness (QED) is 0.770. The van der Waals surface area contributed by atoms with Gasteiger partial charge in [0.05, 0.1) is 0 Å². The van der Waals surface area contributed by atoms with Crippen molar-refractivity contribution in [3.05, 3.63) is 91.1 Å². The molecule has 1 saturated carbocycles.